The molecule has 0 radical (unpaired) electrons. The number of alkyl halides is 2. The largest absolute Gasteiger partial charge is 0.383 e. The Hall–Kier alpha value is -3.47. The van der Waals surface area contributed by atoms with Gasteiger partial charge in [0.05, 0.1) is 30.7 Å². The van der Waals surface area contributed by atoms with Gasteiger partial charge in [0.1, 0.15) is 11.6 Å². The van der Waals surface area contributed by atoms with E-state index in [2.05, 4.69) is 25.4 Å². The first-order valence-electron chi connectivity index (χ1n) is 11.0. The summed E-state index contributed by atoms with van der Waals surface area (Å²) in [5, 5.41) is 6.98. The lowest BCUT2D eigenvalue weighted by molar-refractivity contribution is -0.114. The van der Waals surface area contributed by atoms with E-state index in [0.29, 0.717) is 42.6 Å². The van der Waals surface area contributed by atoms with Gasteiger partial charge in [0.25, 0.3) is 0 Å². The van der Waals surface area contributed by atoms with Crippen molar-refractivity contribution < 1.29 is 18.3 Å². The van der Waals surface area contributed by atoms with Crippen LogP contribution >= 0.6 is 0 Å². The molecule has 1 spiro atoms. The Labute approximate surface area is 195 Å². The summed E-state index contributed by atoms with van der Waals surface area (Å²) in [7, 11) is 1.60. The number of methoxy groups -OCH3 is 1. The molecule has 1 N–H and O–H groups in total. The predicted molar refractivity (Wildman–Crippen MR) is 121 cm³/mol. The zero-order valence-electron chi connectivity index (χ0n) is 19.2. The number of fused-ring (bicyclic) bond motifs is 2. The number of hydrogen-bond donors (Lipinski definition) is 1. The summed E-state index contributed by atoms with van der Waals surface area (Å²) in [6, 6.07) is 3.48. The molecule has 34 heavy (non-hydrogen) atoms. The molecule has 3 aromatic heterocycles. The highest BCUT2D eigenvalue weighted by atomic mass is 19.3. The molecule has 1 fully saturated rings. The van der Waals surface area contributed by atoms with Gasteiger partial charge in [-0.3, -0.25) is 9.48 Å². The van der Waals surface area contributed by atoms with Gasteiger partial charge in [-0.25, -0.2) is 15.0 Å². The Kier molecular flexibility index (Phi) is 5.31. The Morgan fingerprint density at radius 2 is 2.06 bits per heavy atom. The van der Waals surface area contributed by atoms with Crippen molar-refractivity contribution in [2.24, 2.45) is 0 Å². The van der Waals surface area contributed by atoms with Crippen LogP contribution < -0.4 is 10.2 Å². The molecular formula is C23H25F2N7O2. The number of nitrogens with zero attached hydrogens (tertiary/aromatic N) is 6. The van der Waals surface area contributed by atoms with E-state index in [0.717, 1.165) is 31.0 Å². The Balaban J connectivity index is 1.58. The summed E-state index contributed by atoms with van der Waals surface area (Å²) in [6.45, 7) is 3.81. The topological polar surface area (TPSA) is 98.1 Å². The lowest BCUT2D eigenvalue weighted by atomic mass is 10.0. The van der Waals surface area contributed by atoms with Crippen molar-refractivity contribution in [3.63, 3.8) is 0 Å². The fraction of sp³-hybridized carbons (Fsp3) is 0.435. The van der Waals surface area contributed by atoms with Crippen LogP contribution in [0.3, 0.4) is 0 Å². The van der Waals surface area contributed by atoms with Crippen LogP contribution in [0.2, 0.25) is 0 Å². The number of pyridine rings is 1. The average molecular weight is 469 g/mol. The minimum atomic E-state index is -3.23. The molecule has 1 aliphatic heterocycles. The van der Waals surface area contributed by atoms with Crippen molar-refractivity contribution >= 4 is 23.2 Å². The third-order valence-electron chi connectivity index (χ3n) is 6.20. The van der Waals surface area contributed by atoms with Crippen LogP contribution in [0.5, 0.6) is 0 Å². The van der Waals surface area contributed by atoms with Gasteiger partial charge < -0.3 is 15.0 Å². The van der Waals surface area contributed by atoms with Gasteiger partial charge in [0, 0.05) is 68.6 Å². The van der Waals surface area contributed by atoms with E-state index in [9.17, 15) is 13.6 Å². The zero-order chi connectivity index (χ0) is 24.1. The second-order valence-corrected chi connectivity index (χ2v) is 8.94. The van der Waals surface area contributed by atoms with Crippen LogP contribution in [0.15, 0.2) is 30.7 Å². The van der Waals surface area contributed by atoms with Crippen LogP contribution in [0, 0.1) is 0 Å². The molecular weight excluding hydrogens is 444 g/mol. The summed E-state index contributed by atoms with van der Waals surface area (Å²) in [4.78, 5) is 26.3. The molecule has 1 saturated carbocycles. The third kappa shape index (κ3) is 4.11. The molecule has 0 aromatic carbocycles. The quantitative estimate of drug-likeness (QED) is 0.564. The summed E-state index contributed by atoms with van der Waals surface area (Å²) in [5.74, 6) is -3.24. The molecule has 9 nitrogen and oxygen atoms in total. The van der Waals surface area contributed by atoms with Crippen LogP contribution in [0.1, 0.15) is 38.1 Å². The molecule has 0 saturated heterocycles. The van der Waals surface area contributed by atoms with E-state index in [4.69, 9.17) is 4.74 Å². The number of hydrogen-bond acceptors (Lipinski definition) is 7. The number of anilines is 3. The van der Waals surface area contributed by atoms with E-state index in [1.807, 2.05) is 4.90 Å². The normalized spacial score (nSPS) is 16.1. The highest BCUT2D eigenvalue weighted by Crippen LogP contribution is 2.58. The van der Waals surface area contributed by atoms with Crippen molar-refractivity contribution in [3.8, 4) is 11.3 Å². The smallest absolute Gasteiger partial charge is 0.303 e. The summed E-state index contributed by atoms with van der Waals surface area (Å²) in [5.41, 5.74) is 2.75. The van der Waals surface area contributed by atoms with Gasteiger partial charge in [-0.2, -0.15) is 13.9 Å². The van der Waals surface area contributed by atoms with Crippen LogP contribution in [0.4, 0.5) is 26.1 Å². The van der Waals surface area contributed by atoms with Gasteiger partial charge in [-0.15, -0.1) is 0 Å². The fourth-order valence-corrected chi connectivity index (χ4v) is 4.30. The van der Waals surface area contributed by atoms with Crippen molar-refractivity contribution in [1.82, 2.24) is 24.7 Å². The third-order valence-corrected chi connectivity index (χ3v) is 6.20. The lowest BCUT2D eigenvalue weighted by Crippen LogP contribution is -2.22. The number of halogens is 2. The van der Waals surface area contributed by atoms with Crippen molar-refractivity contribution in [2.45, 2.75) is 44.6 Å². The summed E-state index contributed by atoms with van der Waals surface area (Å²) < 4.78 is 35.6. The molecule has 1 aliphatic carbocycles. The highest BCUT2D eigenvalue weighted by molar-refractivity contribution is 5.89. The first-order valence-corrected chi connectivity index (χ1v) is 11.0. The number of amides is 1. The van der Waals surface area contributed by atoms with Crippen LogP contribution in [-0.2, 0) is 27.4 Å². The summed E-state index contributed by atoms with van der Waals surface area (Å²) in [6.07, 6.45) is 7.09. The maximum absolute atomic E-state index is 14.4. The van der Waals surface area contributed by atoms with Gasteiger partial charge in [-0.05, 0) is 12.8 Å². The van der Waals surface area contributed by atoms with Crippen molar-refractivity contribution in [2.75, 3.05) is 30.5 Å². The maximum atomic E-state index is 14.4. The number of nitrogens with one attached hydrogen (secondary N) is 1. The van der Waals surface area contributed by atoms with E-state index in [-0.39, 0.29) is 11.3 Å². The molecule has 2 aliphatic rings. The predicted octanol–water partition coefficient (Wildman–Crippen LogP) is 3.63. The summed E-state index contributed by atoms with van der Waals surface area (Å²) >= 11 is 0. The monoisotopic (exact) mass is 469 g/mol. The Bertz CT molecular complexity index is 1250. The van der Waals surface area contributed by atoms with E-state index in [1.165, 1.54) is 6.92 Å². The molecule has 0 bridgehead atoms. The molecule has 0 unspecified atom stereocenters. The number of carbonyl (C=O) groups excluding carboxylic acids is 1. The van der Waals surface area contributed by atoms with Gasteiger partial charge >= 0.3 is 5.92 Å². The van der Waals surface area contributed by atoms with Crippen molar-refractivity contribution in [3.05, 3.63) is 42.1 Å². The molecule has 4 heterocycles. The molecule has 0 atom stereocenters. The lowest BCUT2D eigenvalue weighted by Gasteiger charge is -2.21. The minimum Gasteiger partial charge on any atom is -0.383 e. The van der Waals surface area contributed by atoms with E-state index >= 15 is 0 Å². The first-order chi connectivity index (χ1) is 16.2. The molecule has 11 heteroatoms. The van der Waals surface area contributed by atoms with Gasteiger partial charge in [0.15, 0.2) is 0 Å². The standard InChI is InChI=1S/C23H25F2N7O2/c1-14(33)28-19-9-18-16(11-26-19)23(4-5-23)13-32(18)20-8-17(29-21(30-20)22(2,24)25)15-10-27-31(12-15)6-7-34-3/h8-12H,4-7,13H2,1-3H3,(H,26,28,33). The van der Waals surface area contributed by atoms with E-state index in [1.54, 1.807) is 42.5 Å². The Morgan fingerprint density at radius 1 is 1.26 bits per heavy atom. The van der Waals surface area contributed by atoms with Gasteiger partial charge in [0.2, 0.25) is 11.7 Å². The minimum absolute atomic E-state index is 0.0673. The second kappa shape index (κ2) is 8.08. The number of rotatable bonds is 7. The molecule has 5 rings (SSSR count). The molecule has 178 valence electrons. The molecule has 1 amide bonds. The van der Waals surface area contributed by atoms with Crippen LogP contribution in [-0.4, -0.2) is 50.9 Å². The van der Waals surface area contributed by atoms with Crippen molar-refractivity contribution in [1.29, 1.82) is 0 Å². The number of carbonyl (C=O) groups is 1. The highest BCUT2D eigenvalue weighted by Gasteiger charge is 2.53. The number of ether oxygens (including phenoxy) is 1. The molecule has 3 aromatic rings. The fourth-order valence-electron chi connectivity index (χ4n) is 4.30. The first kappa shape index (κ1) is 22.3. The average Bonchev–Trinajstić information content (AvgIpc) is 3.28. The van der Waals surface area contributed by atoms with Crippen LogP contribution in [0.25, 0.3) is 11.3 Å². The number of aromatic nitrogens is 5. The van der Waals surface area contributed by atoms with E-state index < -0.39 is 11.7 Å². The maximum Gasteiger partial charge on any atom is 0.303 e. The zero-order valence-corrected chi connectivity index (χ0v) is 19.2. The van der Waals surface area contributed by atoms with Gasteiger partial charge in [-0.1, -0.05) is 0 Å². The Morgan fingerprint density at radius 3 is 2.74 bits per heavy atom. The SMILES string of the molecule is COCCn1cc(-c2cc(N3CC4(CC4)c4cnc(NC(C)=O)cc43)nc(C(C)(F)F)n2)cn1. The second-order valence-electron chi connectivity index (χ2n) is 8.94.